The molecule has 1 aromatic carbocycles. The van der Waals surface area contributed by atoms with Gasteiger partial charge in [0.25, 0.3) is 5.91 Å². The normalized spacial score (nSPS) is 11.2. The maximum absolute atomic E-state index is 11.7. The van der Waals surface area contributed by atoms with E-state index in [9.17, 15) is 14.7 Å². The molecule has 4 nitrogen and oxygen atoms in total. The Morgan fingerprint density at radius 3 is 2.44 bits per heavy atom. The van der Waals surface area contributed by atoms with E-state index in [0.717, 1.165) is 0 Å². The van der Waals surface area contributed by atoms with Crippen molar-refractivity contribution in [2.75, 3.05) is 0 Å². The van der Waals surface area contributed by atoms with Crippen molar-refractivity contribution in [3.63, 3.8) is 0 Å². The van der Waals surface area contributed by atoms with Crippen LogP contribution in [0.15, 0.2) is 30.3 Å². The molecular formula is C13H16NNaO3. The zero-order valence-electron chi connectivity index (χ0n) is 10.8. The molecule has 0 aliphatic rings. The Labute approximate surface area is 129 Å². The van der Waals surface area contributed by atoms with Crippen molar-refractivity contribution in [3.8, 4) is 0 Å². The molecule has 1 aromatic rings. The molecule has 0 saturated carbocycles. The van der Waals surface area contributed by atoms with Gasteiger partial charge in [0, 0.05) is 17.6 Å². The molecule has 0 spiro atoms. The number of hydrogen-bond donors (Lipinski definition) is 1. The minimum absolute atomic E-state index is 0. The summed E-state index contributed by atoms with van der Waals surface area (Å²) in [7, 11) is 0. The predicted octanol–water partition coefficient (Wildman–Crippen LogP) is -2.27. The summed E-state index contributed by atoms with van der Waals surface area (Å²) in [5.41, 5.74) is 0.610. The van der Waals surface area contributed by atoms with Gasteiger partial charge in [-0.25, -0.2) is 0 Å². The van der Waals surface area contributed by atoms with Crippen LogP contribution in [0.1, 0.15) is 36.5 Å². The summed E-state index contributed by atoms with van der Waals surface area (Å²) < 4.78 is 0. The number of carbonyl (C=O) groups is 2. The Balaban J connectivity index is 0.00000289. The number of carboxylic acid groups (broad SMARTS) is 1. The Bertz CT molecular complexity index is 381. The second kappa shape index (κ2) is 9.14. The topological polar surface area (TPSA) is 69.2 Å². The Kier molecular flexibility index (Phi) is 8.71. The van der Waals surface area contributed by atoms with E-state index >= 15 is 0 Å². The van der Waals surface area contributed by atoms with Gasteiger partial charge in [-0.15, -0.1) is 0 Å². The molecule has 1 amide bonds. The van der Waals surface area contributed by atoms with E-state index in [1.807, 2.05) is 13.0 Å². The average molecular weight is 257 g/mol. The molecule has 1 rings (SSSR count). The van der Waals surface area contributed by atoms with E-state index in [-0.39, 0.29) is 47.9 Å². The summed E-state index contributed by atoms with van der Waals surface area (Å²) in [6.07, 6.45) is 1.18. The Morgan fingerprint density at radius 2 is 1.89 bits per heavy atom. The molecule has 0 heterocycles. The summed E-state index contributed by atoms with van der Waals surface area (Å²) in [6, 6.07) is 8.89. The predicted molar refractivity (Wildman–Crippen MR) is 62.2 cm³/mol. The van der Waals surface area contributed by atoms with Crippen LogP contribution in [0.4, 0.5) is 0 Å². The minimum atomic E-state index is -1.05. The van der Waals surface area contributed by atoms with Crippen LogP contribution in [0.5, 0.6) is 0 Å². The van der Waals surface area contributed by atoms with E-state index in [1.54, 1.807) is 24.3 Å². The summed E-state index contributed by atoms with van der Waals surface area (Å²) in [4.78, 5) is 21.9. The third-order valence-corrected chi connectivity index (χ3v) is 2.43. The summed E-state index contributed by atoms with van der Waals surface area (Å²) in [6.45, 7) is 1.86. The molecule has 0 bridgehead atoms. The number of hydrogen-bond acceptors (Lipinski definition) is 3. The molecule has 0 radical (unpaired) electrons. The first-order chi connectivity index (χ1) is 8.09. The molecule has 1 atom stereocenters. The summed E-state index contributed by atoms with van der Waals surface area (Å²) in [5, 5.41) is 13.0. The molecule has 0 aromatic heterocycles. The molecule has 1 N–H and O–H groups in total. The first-order valence-corrected chi connectivity index (χ1v) is 5.65. The van der Waals surface area contributed by atoms with Gasteiger partial charge in [-0.1, -0.05) is 18.2 Å². The fourth-order valence-corrected chi connectivity index (χ4v) is 1.52. The maximum atomic E-state index is 11.7. The monoisotopic (exact) mass is 257 g/mol. The van der Waals surface area contributed by atoms with Crippen LogP contribution in [0.3, 0.4) is 0 Å². The molecule has 5 heteroatoms. The SMILES string of the molecule is CC(CCCC(=O)[O-])NC(=O)c1ccccc1.[Na+]. The van der Waals surface area contributed by atoms with Crippen LogP contribution in [-0.2, 0) is 4.79 Å². The van der Waals surface area contributed by atoms with Crippen molar-refractivity contribution in [2.45, 2.75) is 32.2 Å². The first-order valence-electron chi connectivity index (χ1n) is 5.65. The first kappa shape index (κ1) is 17.2. The molecule has 18 heavy (non-hydrogen) atoms. The fourth-order valence-electron chi connectivity index (χ4n) is 1.52. The van der Waals surface area contributed by atoms with Crippen molar-refractivity contribution >= 4 is 11.9 Å². The zero-order valence-corrected chi connectivity index (χ0v) is 12.8. The van der Waals surface area contributed by atoms with Gasteiger partial charge in [0.05, 0.1) is 0 Å². The molecule has 92 valence electrons. The Hall–Kier alpha value is -0.840. The number of aliphatic carboxylic acids is 1. The van der Waals surface area contributed by atoms with Crippen LogP contribution in [0.25, 0.3) is 0 Å². The number of amides is 1. The number of carbonyl (C=O) groups excluding carboxylic acids is 2. The van der Waals surface area contributed by atoms with Gasteiger partial charge in [0.15, 0.2) is 0 Å². The number of carboxylic acids is 1. The fraction of sp³-hybridized carbons (Fsp3) is 0.385. The number of rotatable bonds is 6. The van der Waals surface area contributed by atoms with Gasteiger partial charge in [-0.2, -0.15) is 0 Å². The molecule has 0 aliphatic carbocycles. The number of nitrogens with one attached hydrogen (secondary N) is 1. The van der Waals surface area contributed by atoms with Crippen LogP contribution in [0, 0.1) is 0 Å². The average Bonchev–Trinajstić information content (AvgIpc) is 2.29. The minimum Gasteiger partial charge on any atom is -0.550 e. The standard InChI is InChI=1S/C13H17NO3.Na/c1-10(6-5-9-12(15)16)14-13(17)11-7-3-2-4-8-11;/h2-4,7-8,10H,5-6,9H2,1H3,(H,14,17)(H,15,16);/q;+1/p-1. The second-order valence-corrected chi connectivity index (χ2v) is 4.00. The van der Waals surface area contributed by atoms with Crippen LogP contribution in [0.2, 0.25) is 0 Å². The number of benzene rings is 1. The Morgan fingerprint density at radius 1 is 1.28 bits per heavy atom. The summed E-state index contributed by atoms with van der Waals surface area (Å²) >= 11 is 0. The smallest absolute Gasteiger partial charge is 0.550 e. The van der Waals surface area contributed by atoms with Crippen LogP contribution >= 0.6 is 0 Å². The molecule has 1 unspecified atom stereocenters. The van der Waals surface area contributed by atoms with Gasteiger partial charge in [0.1, 0.15) is 0 Å². The molecular weight excluding hydrogens is 241 g/mol. The van der Waals surface area contributed by atoms with E-state index in [2.05, 4.69) is 5.32 Å². The van der Waals surface area contributed by atoms with Crippen molar-refractivity contribution in [3.05, 3.63) is 35.9 Å². The molecule has 0 aliphatic heterocycles. The maximum Gasteiger partial charge on any atom is 1.00 e. The molecule has 0 fully saturated rings. The second-order valence-electron chi connectivity index (χ2n) is 4.00. The quantitative estimate of drug-likeness (QED) is 0.584. The van der Waals surface area contributed by atoms with Gasteiger partial charge in [0.2, 0.25) is 0 Å². The third-order valence-electron chi connectivity index (χ3n) is 2.43. The summed E-state index contributed by atoms with van der Waals surface area (Å²) in [5.74, 6) is -1.18. The van der Waals surface area contributed by atoms with Crippen LogP contribution in [-0.4, -0.2) is 17.9 Å². The van der Waals surface area contributed by atoms with E-state index < -0.39 is 5.97 Å². The zero-order chi connectivity index (χ0) is 12.7. The molecule has 0 saturated heterocycles. The van der Waals surface area contributed by atoms with E-state index in [0.29, 0.717) is 18.4 Å². The van der Waals surface area contributed by atoms with Gasteiger partial charge in [-0.3, -0.25) is 4.79 Å². The van der Waals surface area contributed by atoms with Gasteiger partial charge >= 0.3 is 29.6 Å². The van der Waals surface area contributed by atoms with Crippen molar-refractivity contribution in [1.29, 1.82) is 0 Å². The van der Waals surface area contributed by atoms with Crippen molar-refractivity contribution in [2.24, 2.45) is 0 Å². The van der Waals surface area contributed by atoms with Crippen molar-refractivity contribution in [1.82, 2.24) is 5.32 Å². The van der Waals surface area contributed by atoms with Crippen LogP contribution < -0.4 is 40.0 Å². The van der Waals surface area contributed by atoms with E-state index in [4.69, 9.17) is 0 Å². The third kappa shape index (κ3) is 6.79. The van der Waals surface area contributed by atoms with Gasteiger partial charge < -0.3 is 15.2 Å². The largest absolute Gasteiger partial charge is 1.00 e. The van der Waals surface area contributed by atoms with E-state index in [1.165, 1.54) is 0 Å². The van der Waals surface area contributed by atoms with Crippen molar-refractivity contribution < 1.29 is 44.3 Å². The van der Waals surface area contributed by atoms with Gasteiger partial charge in [-0.05, 0) is 38.3 Å².